The van der Waals surface area contributed by atoms with Gasteiger partial charge in [-0.15, -0.1) is 0 Å². The molecule has 18 atom stereocenters. The van der Waals surface area contributed by atoms with Crippen molar-refractivity contribution in [3.05, 3.63) is 23.3 Å². The second-order valence-corrected chi connectivity index (χ2v) is 25.6. The van der Waals surface area contributed by atoms with Gasteiger partial charge in [0, 0.05) is 22.7 Å². The second kappa shape index (κ2) is 17.2. The molecule has 0 aliphatic heterocycles. The van der Waals surface area contributed by atoms with E-state index in [1.807, 2.05) is 0 Å². The van der Waals surface area contributed by atoms with E-state index in [2.05, 4.69) is 41.5 Å². The first-order chi connectivity index (χ1) is 29.5. The number of fused-ring (bicyclic) bond motifs is 10. The largest absolute Gasteiger partial charge is 0.393 e. The first-order valence-corrected chi connectivity index (χ1v) is 25.6. The third-order valence-corrected chi connectivity index (χ3v) is 20.9. The van der Waals surface area contributed by atoms with Crippen LogP contribution in [0.4, 0.5) is 0 Å². The highest BCUT2D eigenvalue weighted by Crippen LogP contribution is 2.70. The summed E-state index contributed by atoms with van der Waals surface area (Å²) in [5.41, 5.74) is -2.86. The van der Waals surface area contributed by atoms with Crippen LogP contribution < -0.4 is 0 Å². The zero-order valence-corrected chi connectivity index (χ0v) is 41.2. The summed E-state index contributed by atoms with van der Waals surface area (Å²) >= 11 is 0. The van der Waals surface area contributed by atoms with Gasteiger partial charge in [0.25, 0.3) is 0 Å². The van der Waals surface area contributed by atoms with Crippen molar-refractivity contribution in [3.8, 4) is 0 Å². The molecule has 0 amide bonds. The Kier molecular flexibility index (Phi) is 13.5. The molecular formula is C54H88O10. The second-order valence-electron chi connectivity index (χ2n) is 25.6. The number of allylic oxidation sites excluding steroid dienone is 2. The summed E-state index contributed by atoms with van der Waals surface area (Å²) in [6, 6.07) is 0. The van der Waals surface area contributed by atoms with E-state index in [0.717, 1.165) is 75.4 Å². The average Bonchev–Trinajstić information content (AvgIpc) is 3.65. The van der Waals surface area contributed by atoms with Gasteiger partial charge in [-0.1, -0.05) is 41.5 Å². The van der Waals surface area contributed by atoms with Crippen LogP contribution in [0, 0.1) is 69.0 Å². The Morgan fingerprint density at radius 3 is 1.23 bits per heavy atom. The predicted molar refractivity (Wildman–Crippen MR) is 248 cm³/mol. The third kappa shape index (κ3) is 8.31. The fourth-order valence-corrected chi connectivity index (χ4v) is 16.5. The van der Waals surface area contributed by atoms with Crippen LogP contribution in [0.1, 0.15) is 185 Å². The smallest absolute Gasteiger partial charge is 0.159 e. The average molecular weight is 897 g/mol. The molecule has 8 aliphatic carbocycles. The lowest BCUT2D eigenvalue weighted by atomic mass is 9.46. The lowest BCUT2D eigenvalue weighted by molar-refractivity contribution is -0.142. The number of carbonyl (C=O) groups is 2. The fourth-order valence-electron chi connectivity index (χ4n) is 16.5. The van der Waals surface area contributed by atoms with Gasteiger partial charge < -0.3 is 40.9 Å². The van der Waals surface area contributed by atoms with Gasteiger partial charge in [0.15, 0.2) is 11.6 Å². The van der Waals surface area contributed by atoms with Crippen molar-refractivity contribution >= 4 is 11.6 Å². The maximum Gasteiger partial charge on any atom is 0.159 e. The van der Waals surface area contributed by atoms with E-state index in [1.54, 1.807) is 39.8 Å². The van der Waals surface area contributed by atoms with Gasteiger partial charge in [-0.05, 0) is 213 Å². The lowest BCUT2D eigenvalue weighted by Gasteiger charge is -2.59. The molecule has 8 N–H and O–H groups in total. The molecule has 0 spiro atoms. The fraction of sp³-hybridized carbons (Fsp3) is 0.889. The SMILES string of the molecule is C[C@H]([C@H](O)CCC(C)(C)O)[C@H]1CC[C@@]2(O)C3=CC(=O)[C@@H]4C[C@@H](O)CC[C@]4(C)[C@H]3CC[C@]12C.C[C@H]([C@H](O)CCC(C)(C)O)[C@H]1CC[C@@]2(O)C3=CC(=O)[C@@H]4C[C@@H](O)CC[C@]4(C)[C@H]3CC[C@]12C. The van der Waals surface area contributed by atoms with E-state index in [9.17, 15) is 50.4 Å². The Bertz CT molecular complexity index is 1700. The molecule has 0 aromatic rings. The molecule has 10 heteroatoms. The van der Waals surface area contributed by atoms with Crippen molar-refractivity contribution in [2.75, 3.05) is 0 Å². The minimum absolute atomic E-state index is 0.0148. The number of ketones is 2. The van der Waals surface area contributed by atoms with Gasteiger partial charge in [-0.3, -0.25) is 9.59 Å². The predicted octanol–water partition coefficient (Wildman–Crippen LogP) is 7.54. The molecule has 364 valence electrons. The van der Waals surface area contributed by atoms with Crippen LogP contribution >= 0.6 is 0 Å². The Labute approximate surface area is 384 Å². The van der Waals surface area contributed by atoms with Gasteiger partial charge in [0.05, 0.1) is 46.8 Å². The first-order valence-electron chi connectivity index (χ1n) is 25.6. The zero-order chi connectivity index (χ0) is 47.4. The van der Waals surface area contributed by atoms with Crippen LogP contribution in [0.5, 0.6) is 0 Å². The van der Waals surface area contributed by atoms with E-state index in [0.29, 0.717) is 51.4 Å². The monoisotopic (exact) mass is 897 g/mol. The molecule has 0 heterocycles. The van der Waals surface area contributed by atoms with Crippen molar-refractivity contribution in [1.29, 1.82) is 0 Å². The summed E-state index contributed by atoms with van der Waals surface area (Å²) in [6.45, 7) is 20.0. The normalized spacial score (nSPS) is 46.0. The highest BCUT2D eigenvalue weighted by atomic mass is 16.3. The number of aliphatic hydroxyl groups excluding tert-OH is 4. The Balaban J connectivity index is 0.000000191. The minimum Gasteiger partial charge on any atom is -0.393 e. The van der Waals surface area contributed by atoms with Gasteiger partial charge >= 0.3 is 0 Å². The van der Waals surface area contributed by atoms with Crippen molar-refractivity contribution in [1.82, 2.24) is 0 Å². The third-order valence-electron chi connectivity index (χ3n) is 20.9. The number of aliphatic hydroxyl groups is 8. The number of rotatable bonds is 10. The molecule has 8 aliphatic rings. The highest BCUT2D eigenvalue weighted by molar-refractivity contribution is 5.95. The Morgan fingerprint density at radius 1 is 0.562 bits per heavy atom. The number of hydrogen-bond donors (Lipinski definition) is 8. The Hall–Kier alpha value is -1.50. The molecule has 0 aromatic heterocycles. The molecule has 0 bridgehead atoms. The Morgan fingerprint density at radius 2 is 0.906 bits per heavy atom. The maximum atomic E-state index is 13.2. The van der Waals surface area contributed by atoms with Gasteiger partial charge in [0.1, 0.15) is 0 Å². The van der Waals surface area contributed by atoms with Gasteiger partial charge in [0.2, 0.25) is 0 Å². The van der Waals surface area contributed by atoms with E-state index < -0.39 is 46.8 Å². The van der Waals surface area contributed by atoms with Crippen LogP contribution in [0.25, 0.3) is 0 Å². The van der Waals surface area contributed by atoms with E-state index in [-0.39, 0.29) is 80.6 Å². The van der Waals surface area contributed by atoms with Crippen LogP contribution in [-0.2, 0) is 9.59 Å². The minimum atomic E-state index is -1.01. The van der Waals surface area contributed by atoms with Crippen LogP contribution in [0.3, 0.4) is 0 Å². The molecule has 0 unspecified atom stereocenters. The number of hydrogen-bond acceptors (Lipinski definition) is 10. The topological polar surface area (TPSA) is 196 Å². The van der Waals surface area contributed by atoms with Crippen molar-refractivity contribution in [2.24, 2.45) is 69.0 Å². The summed E-state index contributed by atoms with van der Waals surface area (Å²) < 4.78 is 0. The van der Waals surface area contributed by atoms with E-state index in [1.165, 1.54) is 0 Å². The van der Waals surface area contributed by atoms with E-state index in [4.69, 9.17) is 0 Å². The summed E-state index contributed by atoms with van der Waals surface area (Å²) in [5, 5.41) is 86.8. The molecular weight excluding hydrogens is 809 g/mol. The molecule has 8 rings (SSSR count). The standard InChI is InChI=1S/2C27H44O5/c2*1-16(22(29)9-10-24(2,3)31)18-8-13-27(32)20-15-23(30)21-14-17(28)6-11-25(21,4)19(20)7-12-26(18,27)5/h2*15-19,21-22,28-29,31-32H,6-14H2,1-5H3/t2*16-,17-,18+,19-,21-,22+,25+,26+,27+/m00/s1. The summed E-state index contributed by atoms with van der Waals surface area (Å²) in [7, 11) is 0. The van der Waals surface area contributed by atoms with Gasteiger partial charge in [-0.25, -0.2) is 0 Å². The molecule has 0 aromatic carbocycles. The van der Waals surface area contributed by atoms with Crippen LogP contribution in [0.15, 0.2) is 23.3 Å². The van der Waals surface area contributed by atoms with Crippen LogP contribution in [-0.4, -0.2) is 99.2 Å². The summed E-state index contributed by atoms with van der Waals surface area (Å²) in [4.78, 5) is 26.4. The van der Waals surface area contributed by atoms with Crippen LogP contribution in [0.2, 0.25) is 0 Å². The molecule has 10 nitrogen and oxygen atoms in total. The van der Waals surface area contributed by atoms with Crippen molar-refractivity contribution in [3.63, 3.8) is 0 Å². The highest BCUT2D eigenvalue weighted by Gasteiger charge is 2.68. The first kappa shape index (κ1) is 50.4. The maximum absolute atomic E-state index is 13.2. The molecule has 0 radical (unpaired) electrons. The lowest BCUT2D eigenvalue weighted by Crippen LogP contribution is -2.59. The molecule has 64 heavy (non-hydrogen) atoms. The van der Waals surface area contributed by atoms with E-state index >= 15 is 0 Å². The number of carbonyl (C=O) groups excluding carboxylic acids is 2. The zero-order valence-electron chi connectivity index (χ0n) is 41.2. The van der Waals surface area contributed by atoms with Gasteiger partial charge in [-0.2, -0.15) is 0 Å². The quantitative estimate of drug-likeness (QED) is 0.109. The molecule has 6 fully saturated rings. The summed E-state index contributed by atoms with van der Waals surface area (Å²) in [6.07, 6.45) is 14.7. The van der Waals surface area contributed by atoms with Crippen molar-refractivity contribution < 1.29 is 50.4 Å². The van der Waals surface area contributed by atoms with Crippen molar-refractivity contribution in [2.45, 2.75) is 232 Å². The molecule has 0 saturated heterocycles. The summed E-state index contributed by atoms with van der Waals surface area (Å²) in [5.74, 6) is 0.603. The molecule has 6 saturated carbocycles.